The molecule has 0 rings (SSSR count). The van der Waals surface area contributed by atoms with Gasteiger partial charge in [0.15, 0.2) is 0 Å². The van der Waals surface area contributed by atoms with Crippen LogP contribution in [0.15, 0.2) is 0 Å². The molecule has 360 valence electrons. The molecule has 0 atom stereocenters. The van der Waals surface area contributed by atoms with Crippen molar-refractivity contribution in [3.05, 3.63) is 0 Å². The fraction of sp³-hybridized carbons (Fsp3) is 0.923. The van der Waals surface area contributed by atoms with E-state index in [1.54, 1.807) is 0 Å². The van der Waals surface area contributed by atoms with Crippen LogP contribution < -0.4 is 0 Å². The predicted octanol–water partition coefficient (Wildman–Crippen LogP) is 17.2. The van der Waals surface area contributed by atoms with Crippen molar-refractivity contribution in [3.8, 4) is 0 Å². The normalized spacial score (nSPS) is 11.5. The van der Waals surface area contributed by atoms with E-state index in [1.165, 1.54) is 154 Å². The van der Waals surface area contributed by atoms with Crippen LogP contribution >= 0.6 is 0 Å². The van der Waals surface area contributed by atoms with Gasteiger partial charge in [-0.05, 0) is 0 Å². The zero-order valence-electron chi connectivity index (χ0n) is 40.9. The van der Waals surface area contributed by atoms with Crippen LogP contribution in [-0.2, 0) is 50.6 Å². The first-order valence-electron chi connectivity index (χ1n) is 26.7. The number of unbranched alkanes of at least 4 members (excludes halogenated alkanes) is 36. The Morgan fingerprint density at radius 3 is 0.508 bits per heavy atom. The molecule has 0 aliphatic carbocycles. The van der Waals surface area contributed by atoms with Crippen molar-refractivity contribution in [2.75, 3.05) is 0 Å². The predicted molar refractivity (Wildman–Crippen MR) is 250 cm³/mol. The molecule has 0 aromatic heterocycles. The smallest absolute Gasteiger partial charge is 0.0654 e. The van der Waals surface area contributed by atoms with Crippen molar-refractivity contribution in [3.63, 3.8) is 0 Å². The second-order valence-electron chi connectivity index (χ2n) is 18.1. The van der Waals surface area contributed by atoms with Crippen LogP contribution in [0, 0.1) is 0 Å². The van der Waals surface area contributed by atoms with Crippen molar-refractivity contribution in [1.82, 2.24) is 0 Å². The summed E-state index contributed by atoms with van der Waals surface area (Å²) >= 11 is -5.53. The number of carbonyl (C=O) groups excluding carboxylic acids is 4. The van der Waals surface area contributed by atoms with E-state index in [0.717, 1.165) is 77.0 Å². The third-order valence-corrected chi connectivity index (χ3v) is 14.9. The Morgan fingerprint density at radius 2 is 0.361 bits per heavy atom. The second kappa shape index (κ2) is 46.6. The average molecular weight is 901 g/mol. The number of hydrogen-bond donors (Lipinski definition) is 0. The van der Waals surface area contributed by atoms with Gasteiger partial charge in [0.25, 0.3) is 0 Å². The van der Waals surface area contributed by atoms with Gasteiger partial charge < -0.3 is 0 Å². The van der Waals surface area contributed by atoms with E-state index in [2.05, 4.69) is 27.7 Å². The zero-order valence-corrected chi connectivity index (χ0v) is 42.4. The molecule has 0 aliphatic heterocycles. The van der Waals surface area contributed by atoms with Gasteiger partial charge in [-0.15, -0.1) is 0 Å². The molecular weight excluding hydrogens is 800 g/mol. The Hall–Kier alpha value is -1.41. The molecule has 0 aromatic carbocycles. The van der Waals surface area contributed by atoms with Crippen LogP contribution in [0.5, 0.6) is 0 Å². The molecule has 8 nitrogen and oxygen atoms in total. The Kier molecular flexibility index (Phi) is 45.5. The summed E-state index contributed by atoms with van der Waals surface area (Å²) in [6.45, 7) is 8.92. The van der Waals surface area contributed by atoms with E-state index >= 15 is 0 Å². The van der Waals surface area contributed by atoms with Gasteiger partial charge in [-0.2, -0.15) is 0 Å². The summed E-state index contributed by atoms with van der Waals surface area (Å²) in [5.74, 6) is -2.54. The quantitative estimate of drug-likeness (QED) is 0.0439. The fourth-order valence-electron chi connectivity index (χ4n) is 7.91. The molecule has 0 heterocycles. The maximum absolute atomic E-state index is 13.4. The molecule has 0 amide bonds. The standard InChI is InChI=1S/4C13H26O2.Ti/c4*1-2-3-4-5-6-7-8-9-10-11-12-13(14)15;/h4*2-12H2,1H3,(H,14,15);/q;;;;+4/p-4. The fourth-order valence-corrected chi connectivity index (χ4v) is 10.7. The van der Waals surface area contributed by atoms with E-state index < -0.39 is 42.0 Å². The summed E-state index contributed by atoms with van der Waals surface area (Å²) in [5, 5.41) is 0. The van der Waals surface area contributed by atoms with Gasteiger partial charge in [0.1, 0.15) is 0 Å². The molecule has 9 heteroatoms. The second-order valence-corrected chi connectivity index (χ2v) is 21.0. The van der Waals surface area contributed by atoms with E-state index in [0.29, 0.717) is 25.7 Å². The Bertz CT molecular complexity index is 846. The summed E-state index contributed by atoms with van der Waals surface area (Å²) in [6, 6.07) is 0. The van der Waals surface area contributed by atoms with Crippen LogP contribution in [0.3, 0.4) is 0 Å². The Labute approximate surface area is 382 Å². The molecule has 0 saturated heterocycles. The summed E-state index contributed by atoms with van der Waals surface area (Å²) in [6.07, 6.45) is 45.2. The summed E-state index contributed by atoms with van der Waals surface area (Å²) in [5.41, 5.74) is 0. The molecule has 0 fully saturated rings. The first-order valence-corrected chi connectivity index (χ1v) is 29.2. The van der Waals surface area contributed by atoms with Crippen molar-refractivity contribution < 1.29 is 50.6 Å². The van der Waals surface area contributed by atoms with Gasteiger partial charge in [-0.3, -0.25) is 0 Å². The SMILES string of the molecule is CCCCCCCCCCCCC(=O)[O][Ti]([O]C(=O)CCCCCCCCCCCC)([O]C(=O)CCCCCCCCCCCC)[O]C(=O)CCCCCCCCCCCC. The third-order valence-electron chi connectivity index (χ3n) is 11.9. The number of rotatable bonds is 48. The van der Waals surface area contributed by atoms with Crippen LogP contribution in [0.25, 0.3) is 0 Å². The first-order chi connectivity index (χ1) is 29.8. The van der Waals surface area contributed by atoms with Crippen LogP contribution in [0.2, 0.25) is 0 Å². The molecular formula is C52H100O8Ti. The van der Waals surface area contributed by atoms with Gasteiger partial charge in [0, 0.05) is 0 Å². The van der Waals surface area contributed by atoms with Crippen molar-refractivity contribution in [1.29, 1.82) is 0 Å². The minimum atomic E-state index is -5.53. The first kappa shape index (κ1) is 59.6. The molecule has 0 unspecified atom stereocenters. The van der Waals surface area contributed by atoms with Gasteiger partial charge in [0.2, 0.25) is 0 Å². The molecule has 0 aliphatic rings. The van der Waals surface area contributed by atoms with Crippen molar-refractivity contribution in [2.45, 2.75) is 310 Å². The van der Waals surface area contributed by atoms with Gasteiger partial charge in [0.05, 0.1) is 0 Å². The van der Waals surface area contributed by atoms with E-state index in [1.807, 2.05) is 0 Å². The Balaban J connectivity index is 5.51. The topological polar surface area (TPSA) is 105 Å². The minimum Gasteiger partial charge on any atom is -0.0654 e. The Morgan fingerprint density at radius 1 is 0.230 bits per heavy atom. The average Bonchev–Trinajstić information content (AvgIpc) is 3.23. The summed E-state index contributed by atoms with van der Waals surface area (Å²) in [4.78, 5) is 53.7. The molecule has 61 heavy (non-hydrogen) atoms. The molecule has 0 aromatic rings. The van der Waals surface area contributed by atoms with E-state index in [-0.39, 0.29) is 25.7 Å². The molecule has 0 spiro atoms. The molecule has 0 bridgehead atoms. The minimum absolute atomic E-state index is 0.0888. The number of hydrogen-bond acceptors (Lipinski definition) is 8. The molecule has 0 N–H and O–H groups in total. The molecule has 0 saturated carbocycles. The van der Waals surface area contributed by atoms with E-state index in [4.69, 9.17) is 13.3 Å². The monoisotopic (exact) mass is 901 g/mol. The maximum atomic E-state index is 13.4. The third kappa shape index (κ3) is 42.3. The van der Waals surface area contributed by atoms with Gasteiger partial charge in [-0.25, -0.2) is 0 Å². The van der Waals surface area contributed by atoms with Gasteiger partial charge in [-0.1, -0.05) is 53.4 Å². The van der Waals surface area contributed by atoms with Crippen LogP contribution in [0.4, 0.5) is 0 Å². The van der Waals surface area contributed by atoms with E-state index in [9.17, 15) is 19.2 Å². The molecule has 0 radical (unpaired) electrons. The summed E-state index contributed by atoms with van der Waals surface area (Å²) < 4.78 is 23.4. The van der Waals surface area contributed by atoms with Crippen molar-refractivity contribution >= 4 is 23.9 Å². The van der Waals surface area contributed by atoms with Gasteiger partial charge >= 0.3 is 331 Å². The van der Waals surface area contributed by atoms with Crippen LogP contribution in [-0.4, -0.2) is 23.9 Å². The zero-order chi connectivity index (χ0) is 44.8. The number of carbonyl (C=O) groups is 4. The van der Waals surface area contributed by atoms with Crippen molar-refractivity contribution in [2.24, 2.45) is 0 Å². The summed E-state index contributed by atoms with van der Waals surface area (Å²) in [7, 11) is 0. The van der Waals surface area contributed by atoms with Crippen LogP contribution in [0.1, 0.15) is 310 Å².